The van der Waals surface area contributed by atoms with E-state index in [9.17, 15) is 0 Å². The van der Waals surface area contributed by atoms with Gasteiger partial charge in [0.1, 0.15) is 0 Å². The molecule has 0 saturated carbocycles. The van der Waals surface area contributed by atoms with Crippen molar-refractivity contribution in [1.82, 2.24) is 0 Å². The number of rotatable bonds is 1. The number of aryl methyl sites for hydroxylation is 1. The molecule has 1 heterocycles. The van der Waals surface area contributed by atoms with Crippen LogP contribution in [0.15, 0.2) is 84.9 Å². The van der Waals surface area contributed by atoms with E-state index < -0.39 is 0 Å². The Balaban J connectivity index is 1.81. The minimum absolute atomic E-state index is 0.0167. The average molecular weight is 340 g/mol. The first-order valence-electron chi connectivity index (χ1n) is 8.87. The van der Waals surface area contributed by atoms with Crippen LogP contribution in [0.2, 0.25) is 0 Å². The van der Waals surface area contributed by atoms with Gasteiger partial charge in [0.05, 0.1) is 4.75 Å². The fourth-order valence-electron chi connectivity index (χ4n) is 4.44. The lowest BCUT2D eigenvalue weighted by Crippen LogP contribution is -2.31. The monoisotopic (exact) mass is 340 g/mol. The van der Waals surface area contributed by atoms with Crippen molar-refractivity contribution in [3.8, 4) is 11.1 Å². The van der Waals surface area contributed by atoms with Crippen molar-refractivity contribution >= 4 is 11.8 Å². The van der Waals surface area contributed by atoms with Crippen LogP contribution in [0.5, 0.6) is 0 Å². The molecule has 0 amide bonds. The van der Waals surface area contributed by atoms with Gasteiger partial charge in [0.25, 0.3) is 0 Å². The van der Waals surface area contributed by atoms with Crippen LogP contribution >= 0.6 is 11.8 Å². The molecule has 25 heavy (non-hydrogen) atoms. The highest BCUT2D eigenvalue weighted by Gasteiger charge is 2.49. The molecular formula is C24H20S. The third kappa shape index (κ3) is 2.09. The zero-order valence-corrected chi connectivity index (χ0v) is 15.1. The van der Waals surface area contributed by atoms with Gasteiger partial charge in [-0.3, -0.25) is 0 Å². The molecule has 2 aliphatic rings. The van der Waals surface area contributed by atoms with Gasteiger partial charge < -0.3 is 0 Å². The second kappa shape index (κ2) is 5.64. The fraction of sp³-hybridized carbons (Fsp3) is 0.167. The molecule has 0 bridgehead atoms. The van der Waals surface area contributed by atoms with Gasteiger partial charge in [-0.25, -0.2) is 0 Å². The van der Waals surface area contributed by atoms with Crippen LogP contribution in [0.4, 0.5) is 0 Å². The van der Waals surface area contributed by atoms with E-state index >= 15 is 0 Å². The van der Waals surface area contributed by atoms with Crippen LogP contribution in [0.25, 0.3) is 11.1 Å². The van der Waals surface area contributed by atoms with E-state index in [1.54, 1.807) is 0 Å². The molecule has 1 aliphatic carbocycles. The van der Waals surface area contributed by atoms with E-state index in [2.05, 4.69) is 104 Å². The van der Waals surface area contributed by atoms with E-state index in [0.29, 0.717) is 5.92 Å². The van der Waals surface area contributed by atoms with Gasteiger partial charge in [0.2, 0.25) is 0 Å². The van der Waals surface area contributed by atoms with Gasteiger partial charge in [0, 0.05) is 11.7 Å². The first kappa shape index (κ1) is 15.0. The molecular weight excluding hydrogens is 320 g/mol. The Hall–Kier alpha value is -2.25. The molecule has 1 atom stereocenters. The summed E-state index contributed by atoms with van der Waals surface area (Å²) in [6, 6.07) is 27.1. The van der Waals surface area contributed by atoms with Crippen molar-refractivity contribution in [2.24, 2.45) is 0 Å². The lowest BCUT2D eigenvalue weighted by molar-refractivity contribution is 0.664. The second-order valence-corrected chi connectivity index (χ2v) is 8.22. The van der Waals surface area contributed by atoms with Crippen LogP contribution in [0.1, 0.15) is 28.2 Å². The quantitative estimate of drug-likeness (QED) is 0.468. The first-order valence-corrected chi connectivity index (χ1v) is 9.86. The highest BCUT2D eigenvalue weighted by Crippen LogP contribution is 2.62. The van der Waals surface area contributed by atoms with Crippen LogP contribution in [-0.2, 0) is 4.75 Å². The molecule has 3 aromatic carbocycles. The van der Waals surface area contributed by atoms with Crippen molar-refractivity contribution in [1.29, 1.82) is 0 Å². The van der Waals surface area contributed by atoms with Crippen LogP contribution in [0.3, 0.4) is 0 Å². The third-order valence-corrected chi connectivity index (χ3v) is 7.06. The molecule has 0 N–H and O–H groups in total. The van der Waals surface area contributed by atoms with Crippen molar-refractivity contribution in [3.63, 3.8) is 0 Å². The standard InChI is InChI=1S/C24H20S/c1-17-12-14-18(15-13-17)21-11-6-16-25-24(21)22-9-4-2-7-19(22)20-8-3-5-10-23(20)24/h2-15,21H,16H2,1H3. The normalized spacial score (nSPS) is 19.6. The van der Waals surface area contributed by atoms with E-state index in [4.69, 9.17) is 0 Å². The summed E-state index contributed by atoms with van der Waals surface area (Å²) < 4.78 is -0.0167. The van der Waals surface area contributed by atoms with E-state index in [-0.39, 0.29) is 4.75 Å². The molecule has 1 heteroatoms. The average Bonchev–Trinajstić information content (AvgIpc) is 2.95. The Morgan fingerprint density at radius 1 is 0.800 bits per heavy atom. The molecule has 1 spiro atoms. The summed E-state index contributed by atoms with van der Waals surface area (Å²) in [4.78, 5) is 0. The maximum atomic E-state index is 2.43. The number of hydrogen-bond donors (Lipinski definition) is 0. The smallest absolute Gasteiger partial charge is 0.0775 e. The number of allylic oxidation sites excluding steroid dienone is 1. The Kier molecular flexibility index (Phi) is 3.39. The molecule has 0 fully saturated rings. The van der Waals surface area contributed by atoms with Crippen molar-refractivity contribution in [3.05, 3.63) is 107 Å². The predicted octanol–water partition coefficient (Wildman–Crippen LogP) is 6.31. The fourth-order valence-corrected chi connectivity index (χ4v) is 5.97. The maximum Gasteiger partial charge on any atom is 0.0775 e. The number of hydrogen-bond acceptors (Lipinski definition) is 1. The molecule has 3 aromatic rings. The molecule has 0 aromatic heterocycles. The number of benzene rings is 3. The maximum absolute atomic E-state index is 2.43. The summed E-state index contributed by atoms with van der Waals surface area (Å²) in [5.41, 5.74) is 8.46. The molecule has 0 nitrogen and oxygen atoms in total. The zero-order valence-electron chi connectivity index (χ0n) is 14.3. The summed E-state index contributed by atoms with van der Waals surface area (Å²) in [5.74, 6) is 1.42. The van der Waals surface area contributed by atoms with Gasteiger partial charge in [-0.2, -0.15) is 0 Å². The van der Waals surface area contributed by atoms with Crippen molar-refractivity contribution in [2.45, 2.75) is 17.6 Å². The Morgan fingerprint density at radius 3 is 2.04 bits per heavy atom. The van der Waals surface area contributed by atoms with Crippen LogP contribution in [0, 0.1) is 6.92 Å². The van der Waals surface area contributed by atoms with Gasteiger partial charge >= 0.3 is 0 Å². The van der Waals surface area contributed by atoms with E-state index in [1.807, 2.05) is 0 Å². The van der Waals surface area contributed by atoms with E-state index in [1.165, 1.54) is 33.4 Å². The Bertz CT molecular complexity index is 920. The highest BCUT2D eigenvalue weighted by atomic mass is 32.2. The lowest BCUT2D eigenvalue weighted by atomic mass is 9.78. The van der Waals surface area contributed by atoms with Crippen LogP contribution < -0.4 is 0 Å². The second-order valence-electron chi connectivity index (χ2n) is 6.95. The largest absolute Gasteiger partial charge is 0.140 e. The molecule has 0 saturated heterocycles. The molecule has 5 rings (SSSR count). The van der Waals surface area contributed by atoms with Crippen LogP contribution in [-0.4, -0.2) is 5.75 Å². The summed E-state index contributed by atoms with van der Waals surface area (Å²) in [5, 5.41) is 0. The van der Waals surface area contributed by atoms with Gasteiger partial charge in [-0.05, 0) is 34.7 Å². The molecule has 122 valence electrons. The Labute approximate surface area is 153 Å². The molecule has 0 radical (unpaired) electrons. The third-order valence-electron chi connectivity index (χ3n) is 5.55. The van der Waals surface area contributed by atoms with Crippen molar-refractivity contribution in [2.75, 3.05) is 5.75 Å². The zero-order chi connectivity index (χ0) is 16.9. The first-order chi connectivity index (χ1) is 12.3. The van der Waals surface area contributed by atoms with E-state index in [0.717, 1.165) is 5.75 Å². The summed E-state index contributed by atoms with van der Waals surface area (Å²) in [6.07, 6.45) is 4.77. The molecule has 1 aliphatic heterocycles. The van der Waals surface area contributed by atoms with Gasteiger partial charge in [0.15, 0.2) is 0 Å². The topological polar surface area (TPSA) is 0 Å². The number of fused-ring (bicyclic) bond motifs is 5. The minimum atomic E-state index is -0.0167. The Morgan fingerprint density at radius 2 is 1.40 bits per heavy atom. The number of thioether (sulfide) groups is 1. The predicted molar refractivity (Wildman–Crippen MR) is 108 cm³/mol. The summed E-state index contributed by atoms with van der Waals surface area (Å²) >= 11 is 2.08. The SMILES string of the molecule is Cc1ccc(C2C=CCSC23c2ccccc2-c2ccccc23)cc1. The van der Waals surface area contributed by atoms with Gasteiger partial charge in [-0.15, -0.1) is 11.8 Å². The van der Waals surface area contributed by atoms with Crippen molar-refractivity contribution < 1.29 is 0 Å². The van der Waals surface area contributed by atoms with Gasteiger partial charge in [-0.1, -0.05) is 90.5 Å². The molecule has 1 unspecified atom stereocenters. The minimum Gasteiger partial charge on any atom is -0.140 e. The lowest BCUT2D eigenvalue weighted by Gasteiger charge is -2.40. The summed E-state index contributed by atoms with van der Waals surface area (Å²) in [6.45, 7) is 2.16. The summed E-state index contributed by atoms with van der Waals surface area (Å²) in [7, 11) is 0. The highest BCUT2D eigenvalue weighted by molar-refractivity contribution is 8.00.